The van der Waals surface area contributed by atoms with E-state index in [9.17, 15) is 4.79 Å². The maximum atomic E-state index is 12.3. The number of likely N-dealkylation sites (tertiary alicyclic amines) is 1. The lowest BCUT2D eigenvalue weighted by Crippen LogP contribution is -2.24. The first-order valence-electron chi connectivity index (χ1n) is 8.08. The minimum atomic E-state index is -0.103. The van der Waals surface area contributed by atoms with Gasteiger partial charge in [0.05, 0.1) is 13.0 Å². The molecular weight excluding hydrogens is 286 g/mol. The Balaban J connectivity index is 1.82. The number of aryl methyl sites for hydroxylation is 1. The molecule has 0 spiro atoms. The molecule has 0 amide bonds. The minimum Gasteiger partial charge on any atom is -0.469 e. The van der Waals surface area contributed by atoms with Gasteiger partial charge in [-0.15, -0.1) is 0 Å². The number of carbonyl (C=O) groups is 1. The molecule has 0 unspecified atom stereocenters. The van der Waals surface area contributed by atoms with E-state index in [0.29, 0.717) is 0 Å². The summed E-state index contributed by atoms with van der Waals surface area (Å²) in [7, 11) is 1.48. The van der Waals surface area contributed by atoms with Crippen LogP contribution in [-0.2, 0) is 16.1 Å². The molecule has 1 aliphatic rings. The highest BCUT2D eigenvalue weighted by atomic mass is 16.5. The molecule has 2 atom stereocenters. The van der Waals surface area contributed by atoms with Crippen LogP contribution in [-0.4, -0.2) is 31.1 Å². The Hall–Kier alpha value is -2.13. The zero-order valence-corrected chi connectivity index (χ0v) is 13.7. The van der Waals surface area contributed by atoms with Crippen molar-refractivity contribution in [2.75, 3.05) is 20.2 Å². The summed E-state index contributed by atoms with van der Waals surface area (Å²) in [6.45, 7) is 4.63. The van der Waals surface area contributed by atoms with E-state index in [2.05, 4.69) is 54.3 Å². The molecule has 3 rings (SSSR count). The lowest BCUT2D eigenvalue weighted by Gasteiger charge is -2.18. The van der Waals surface area contributed by atoms with Gasteiger partial charge in [0.2, 0.25) is 0 Å². The molecule has 0 aliphatic carbocycles. The molecule has 2 aromatic carbocycles. The molecule has 120 valence electrons. The van der Waals surface area contributed by atoms with Crippen molar-refractivity contribution in [1.29, 1.82) is 0 Å². The fraction of sp³-hybridized carbons (Fsp3) is 0.350. The van der Waals surface area contributed by atoms with Crippen LogP contribution in [0.5, 0.6) is 0 Å². The summed E-state index contributed by atoms with van der Waals surface area (Å²) in [5.74, 6) is 0.00555. The van der Waals surface area contributed by atoms with E-state index in [1.165, 1.54) is 23.8 Å². The van der Waals surface area contributed by atoms with Gasteiger partial charge in [-0.2, -0.15) is 0 Å². The van der Waals surface area contributed by atoms with E-state index in [1.807, 2.05) is 12.1 Å². The summed E-state index contributed by atoms with van der Waals surface area (Å²) in [4.78, 5) is 14.6. The van der Waals surface area contributed by atoms with E-state index >= 15 is 0 Å². The van der Waals surface area contributed by atoms with E-state index in [4.69, 9.17) is 4.74 Å². The lowest BCUT2D eigenvalue weighted by atomic mass is 9.86. The maximum absolute atomic E-state index is 12.3. The normalized spacial score (nSPS) is 21.3. The van der Waals surface area contributed by atoms with Gasteiger partial charge in [-0.25, -0.2) is 0 Å². The minimum absolute atomic E-state index is 0.0928. The van der Waals surface area contributed by atoms with Crippen molar-refractivity contribution >= 4 is 5.97 Å². The number of hydrogen-bond donors (Lipinski definition) is 0. The smallest absolute Gasteiger partial charge is 0.310 e. The Morgan fingerprint density at radius 3 is 2.48 bits per heavy atom. The van der Waals surface area contributed by atoms with Crippen LogP contribution in [0, 0.1) is 12.8 Å². The fourth-order valence-electron chi connectivity index (χ4n) is 3.56. The molecule has 1 fully saturated rings. The Bertz CT molecular complexity index is 668. The number of methoxy groups -OCH3 is 1. The molecule has 0 N–H and O–H groups in total. The van der Waals surface area contributed by atoms with Crippen LogP contribution in [0.4, 0.5) is 0 Å². The van der Waals surface area contributed by atoms with E-state index in [0.717, 1.165) is 19.6 Å². The summed E-state index contributed by atoms with van der Waals surface area (Å²) in [6, 6.07) is 18.8. The molecule has 0 radical (unpaired) electrons. The highest BCUT2D eigenvalue weighted by molar-refractivity contribution is 5.74. The number of nitrogens with zero attached hydrogens (tertiary/aromatic N) is 1. The van der Waals surface area contributed by atoms with Gasteiger partial charge in [0, 0.05) is 25.6 Å². The molecule has 23 heavy (non-hydrogen) atoms. The number of ether oxygens (including phenoxy) is 1. The van der Waals surface area contributed by atoms with Gasteiger partial charge in [-0.05, 0) is 23.6 Å². The molecule has 3 heteroatoms. The second-order valence-corrected chi connectivity index (χ2v) is 6.27. The summed E-state index contributed by atoms with van der Waals surface area (Å²) in [5.41, 5.74) is 3.79. The summed E-state index contributed by atoms with van der Waals surface area (Å²) < 4.78 is 5.06. The highest BCUT2D eigenvalue weighted by Gasteiger charge is 2.39. The SMILES string of the molecule is COC(=O)[C@H]1CN(Cc2ccccc2)C[C@@H]1c1ccccc1C. The van der Waals surface area contributed by atoms with Crippen LogP contribution in [0.1, 0.15) is 22.6 Å². The average Bonchev–Trinajstić information content (AvgIpc) is 2.99. The van der Waals surface area contributed by atoms with Gasteiger partial charge in [0.1, 0.15) is 0 Å². The molecule has 2 aromatic rings. The first-order valence-corrected chi connectivity index (χ1v) is 8.08. The Morgan fingerprint density at radius 2 is 1.78 bits per heavy atom. The van der Waals surface area contributed by atoms with Crippen LogP contribution < -0.4 is 0 Å². The van der Waals surface area contributed by atoms with Crippen molar-refractivity contribution in [2.24, 2.45) is 5.92 Å². The van der Waals surface area contributed by atoms with Crippen LogP contribution in [0.25, 0.3) is 0 Å². The highest BCUT2D eigenvalue weighted by Crippen LogP contribution is 2.35. The third kappa shape index (κ3) is 3.45. The topological polar surface area (TPSA) is 29.5 Å². The van der Waals surface area contributed by atoms with Crippen molar-refractivity contribution in [1.82, 2.24) is 4.90 Å². The third-order valence-electron chi connectivity index (χ3n) is 4.74. The third-order valence-corrected chi connectivity index (χ3v) is 4.74. The lowest BCUT2D eigenvalue weighted by molar-refractivity contribution is -0.145. The number of rotatable bonds is 4. The number of benzene rings is 2. The van der Waals surface area contributed by atoms with Crippen LogP contribution in [0.2, 0.25) is 0 Å². The molecule has 0 bridgehead atoms. The largest absolute Gasteiger partial charge is 0.469 e. The molecule has 3 nitrogen and oxygen atoms in total. The monoisotopic (exact) mass is 309 g/mol. The van der Waals surface area contributed by atoms with E-state index in [1.54, 1.807) is 0 Å². The van der Waals surface area contributed by atoms with Gasteiger partial charge >= 0.3 is 5.97 Å². The van der Waals surface area contributed by atoms with Gasteiger partial charge in [0.25, 0.3) is 0 Å². The van der Waals surface area contributed by atoms with Gasteiger partial charge < -0.3 is 4.74 Å². The quantitative estimate of drug-likeness (QED) is 0.811. The summed E-state index contributed by atoms with van der Waals surface area (Å²) in [6.07, 6.45) is 0. The zero-order valence-electron chi connectivity index (χ0n) is 13.7. The van der Waals surface area contributed by atoms with Gasteiger partial charge in [-0.3, -0.25) is 9.69 Å². The van der Waals surface area contributed by atoms with Crippen LogP contribution in [0.3, 0.4) is 0 Å². The Morgan fingerprint density at radius 1 is 1.09 bits per heavy atom. The number of carbonyl (C=O) groups excluding carboxylic acids is 1. The van der Waals surface area contributed by atoms with Crippen molar-refractivity contribution in [3.8, 4) is 0 Å². The van der Waals surface area contributed by atoms with Gasteiger partial charge in [0.15, 0.2) is 0 Å². The van der Waals surface area contributed by atoms with Crippen molar-refractivity contribution in [3.05, 3.63) is 71.3 Å². The Kier molecular flexibility index (Phi) is 4.77. The van der Waals surface area contributed by atoms with Crippen LogP contribution in [0.15, 0.2) is 54.6 Å². The molecular formula is C20H23NO2. The predicted molar refractivity (Wildman–Crippen MR) is 91.1 cm³/mol. The van der Waals surface area contributed by atoms with E-state index < -0.39 is 0 Å². The Labute approximate surface area is 137 Å². The first-order chi connectivity index (χ1) is 11.2. The fourth-order valence-corrected chi connectivity index (χ4v) is 3.56. The maximum Gasteiger partial charge on any atom is 0.310 e. The molecule has 1 aliphatic heterocycles. The first kappa shape index (κ1) is 15.8. The molecule has 0 saturated carbocycles. The zero-order chi connectivity index (χ0) is 16.2. The number of hydrogen-bond acceptors (Lipinski definition) is 3. The average molecular weight is 309 g/mol. The van der Waals surface area contributed by atoms with Crippen molar-refractivity contribution in [3.63, 3.8) is 0 Å². The second-order valence-electron chi connectivity index (χ2n) is 6.27. The van der Waals surface area contributed by atoms with Gasteiger partial charge in [-0.1, -0.05) is 54.6 Å². The molecule has 0 aromatic heterocycles. The summed E-state index contributed by atoms with van der Waals surface area (Å²) >= 11 is 0. The van der Waals surface area contributed by atoms with Crippen LogP contribution >= 0.6 is 0 Å². The number of esters is 1. The van der Waals surface area contributed by atoms with E-state index in [-0.39, 0.29) is 17.8 Å². The summed E-state index contributed by atoms with van der Waals surface area (Å²) in [5, 5.41) is 0. The standard InChI is InChI=1S/C20H23NO2/c1-15-8-6-7-11-17(15)18-13-21(14-19(18)20(22)23-2)12-16-9-4-3-5-10-16/h3-11,18-19H,12-14H2,1-2H3/t18-,19+/m1/s1. The second kappa shape index (κ2) is 6.97. The molecule has 1 heterocycles. The predicted octanol–water partition coefficient (Wildman–Crippen LogP) is 3.38. The van der Waals surface area contributed by atoms with Crippen molar-refractivity contribution < 1.29 is 9.53 Å². The van der Waals surface area contributed by atoms with Crippen molar-refractivity contribution in [2.45, 2.75) is 19.4 Å². The molecule has 1 saturated heterocycles.